The van der Waals surface area contributed by atoms with E-state index in [1.807, 2.05) is 10.8 Å². The number of hydrogen-bond donors (Lipinski definition) is 2. The van der Waals surface area contributed by atoms with E-state index in [-0.39, 0.29) is 18.4 Å². The Bertz CT molecular complexity index is 480. The van der Waals surface area contributed by atoms with E-state index in [2.05, 4.69) is 33.5 Å². The first-order valence-electron chi connectivity index (χ1n) is 6.53. The lowest BCUT2D eigenvalue weighted by molar-refractivity contribution is -0.120. The van der Waals surface area contributed by atoms with Crippen LogP contribution < -0.4 is 10.6 Å². The largest absolute Gasteiger partial charge is 0.352 e. The third-order valence-corrected chi connectivity index (χ3v) is 3.35. The van der Waals surface area contributed by atoms with Crippen LogP contribution in [0, 0.1) is 0 Å². The number of amides is 2. The van der Waals surface area contributed by atoms with Crippen molar-refractivity contribution in [2.75, 3.05) is 6.54 Å². The van der Waals surface area contributed by atoms with Crippen LogP contribution in [0.4, 0.5) is 0 Å². The smallest absolute Gasteiger partial charge is 0.268 e. The molecule has 1 fully saturated rings. The number of carbonyl (C=O) groups excluding carboxylic acids is 2. The van der Waals surface area contributed by atoms with Gasteiger partial charge >= 0.3 is 0 Å². The molecule has 0 aromatic carbocycles. The Hall–Kier alpha value is -1.30. The van der Waals surface area contributed by atoms with Crippen molar-refractivity contribution in [3.05, 3.63) is 22.4 Å². The van der Waals surface area contributed by atoms with Crippen molar-refractivity contribution in [2.45, 2.75) is 38.8 Å². The highest BCUT2D eigenvalue weighted by atomic mass is 79.9. The first kappa shape index (κ1) is 14.1. The first-order chi connectivity index (χ1) is 9.10. The fourth-order valence-electron chi connectivity index (χ4n) is 1.85. The number of nitrogens with one attached hydrogen (secondary N) is 2. The zero-order chi connectivity index (χ0) is 13.8. The molecule has 1 saturated carbocycles. The third-order valence-electron chi connectivity index (χ3n) is 2.91. The molecule has 0 bridgehead atoms. The van der Waals surface area contributed by atoms with Crippen LogP contribution in [0.1, 0.15) is 36.7 Å². The van der Waals surface area contributed by atoms with Gasteiger partial charge in [0.25, 0.3) is 5.91 Å². The number of aromatic nitrogens is 1. The molecular formula is C13H18BrN3O2. The van der Waals surface area contributed by atoms with Gasteiger partial charge in [-0.15, -0.1) is 0 Å². The van der Waals surface area contributed by atoms with Gasteiger partial charge in [-0.3, -0.25) is 9.59 Å². The summed E-state index contributed by atoms with van der Waals surface area (Å²) in [7, 11) is 0. The van der Waals surface area contributed by atoms with Crippen molar-refractivity contribution in [1.82, 2.24) is 15.2 Å². The topological polar surface area (TPSA) is 63.1 Å². The second-order valence-corrected chi connectivity index (χ2v) is 5.68. The zero-order valence-corrected chi connectivity index (χ0v) is 12.5. The van der Waals surface area contributed by atoms with E-state index < -0.39 is 0 Å². The number of hydrogen-bond acceptors (Lipinski definition) is 2. The average Bonchev–Trinajstić information content (AvgIpc) is 3.09. The Morgan fingerprint density at radius 1 is 1.47 bits per heavy atom. The molecule has 0 aliphatic heterocycles. The molecular weight excluding hydrogens is 310 g/mol. The molecule has 1 aromatic heterocycles. The molecule has 19 heavy (non-hydrogen) atoms. The van der Waals surface area contributed by atoms with Crippen LogP contribution in [0.5, 0.6) is 0 Å². The minimum atomic E-state index is -0.218. The highest BCUT2D eigenvalue weighted by molar-refractivity contribution is 9.10. The lowest BCUT2D eigenvalue weighted by Gasteiger charge is -2.08. The van der Waals surface area contributed by atoms with Gasteiger partial charge in [0.2, 0.25) is 5.91 Å². The molecule has 104 valence electrons. The summed E-state index contributed by atoms with van der Waals surface area (Å²) in [6.07, 6.45) is 4.92. The minimum Gasteiger partial charge on any atom is -0.352 e. The number of rotatable bonds is 6. The van der Waals surface area contributed by atoms with E-state index in [0.717, 1.165) is 30.3 Å². The van der Waals surface area contributed by atoms with Gasteiger partial charge in [0.05, 0.1) is 6.54 Å². The van der Waals surface area contributed by atoms with Crippen LogP contribution in [-0.2, 0) is 11.3 Å². The standard InChI is InChI=1S/C13H18BrN3O2/c1-2-5-17-8-9(14)6-11(17)13(19)15-7-12(18)16-10-3-4-10/h6,8,10H,2-5,7H2,1H3,(H,15,19)(H,16,18). The number of aryl methyl sites for hydroxylation is 1. The van der Waals surface area contributed by atoms with Crippen molar-refractivity contribution in [3.63, 3.8) is 0 Å². The molecule has 1 heterocycles. The van der Waals surface area contributed by atoms with Gasteiger partial charge in [-0.25, -0.2) is 0 Å². The summed E-state index contributed by atoms with van der Waals surface area (Å²) in [6.45, 7) is 2.87. The number of nitrogens with zero attached hydrogens (tertiary/aromatic N) is 1. The van der Waals surface area contributed by atoms with Gasteiger partial charge < -0.3 is 15.2 Å². The Kier molecular flexibility index (Phi) is 4.63. The molecule has 1 aromatic rings. The Balaban J connectivity index is 1.89. The van der Waals surface area contributed by atoms with Crippen molar-refractivity contribution in [2.24, 2.45) is 0 Å². The van der Waals surface area contributed by atoms with E-state index in [1.165, 1.54) is 0 Å². The second-order valence-electron chi connectivity index (χ2n) is 4.76. The maximum Gasteiger partial charge on any atom is 0.268 e. The Morgan fingerprint density at radius 3 is 2.84 bits per heavy atom. The lowest BCUT2D eigenvalue weighted by atomic mass is 10.3. The summed E-state index contributed by atoms with van der Waals surface area (Å²) in [5.74, 6) is -0.339. The maximum atomic E-state index is 12.0. The zero-order valence-electron chi connectivity index (χ0n) is 10.9. The van der Waals surface area contributed by atoms with Crippen molar-refractivity contribution in [1.29, 1.82) is 0 Å². The van der Waals surface area contributed by atoms with E-state index in [4.69, 9.17) is 0 Å². The van der Waals surface area contributed by atoms with Crippen LogP contribution in [0.25, 0.3) is 0 Å². The van der Waals surface area contributed by atoms with Gasteiger partial charge in [-0.05, 0) is 41.3 Å². The summed E-state index contributed by atoms with van der Waals surface area (Å²) in [5, 5.41) is 5.49. The Labute approximate surface area is 120 Å². The molecule has 0 unspecified atom stereocenters. The molecule has 0 radical (unpaired) electrons. The van der Waals surface area contributed by atoms with Crippen LogP contribution in [0.3, 0.4) is 0 Å². The van der Waals surface area contributed by atoms with Gasteiger partial charge in [0, 0.05) is 23.3 Å². The number of carbonyl (C=O) groups is 2. The monoisotopic (exact) mass is 327 g/mol. The summed E-state index contributed by atoms with van der Waals surface area (Å²) >= 11 is 3.36. The van der Waals surface area contributed by atoms with Gasteiger partial charge in [-0.2, -0.15) is 0 Å². The van der Waals surface area contributed by atoms with Crippen molar-refractivity contribution >= 4 is 27.7 Å². The highest BCUT2D eigenvalue weighted by Gasteiger charge is 2.23. The summed E-state index contributed by atoms with van der Waals surface area (Å²) in [6, 6.07) is 2.09. The fourth-order valence-corrected chi connectivity index (χ4v) is 2.31. The van der Waals surface area contributed by atoms with E-state index in [1.54, 1.807) is 6.07 Å². The third kappa shape index (κ3) is 4.09. The fraction of sp³-hybridized carbons (Fsp3) is 0.538. The summed E-state index contributed by atoms with van der Waals surface area (Å²) < 4.78 is 2.76. The molecule has 1 aliphatic carbocycles. The summed E-state index contributed by atoms with van der Waals surface area (Å²) in [4.78, 5) is 23.5. The van der Waals surface area contributed by atoms with Crippen molar-refractivity contribution in [3.8, 4) is 0 Å². The summed E-state index contributed by atoms with van der Waals surface area (Å²) in [5.41, 5.74) is 0.577. The molecule has 0 saturated heterocycles. The normalized spacial score (nSPS) is 14.2. The molecule has 2 amide bonds. The molecule has 1 aliphatic rings. The quantitative estimate of drug-likeness (QED) is 0.834. The molecule has 0 atom stereocenters. The molecule has 6 heteroatoms. The van der Waals surface area contributed by atoms with Crippen LogP contribution in [0.2, 0.25) is 0 Å². The lowest BCUT2D eigenvalue weighted by Crippen LogP contribution is -2.38. The highest BCUT2D eigenvalue weighted by Crippen LogP contribution is 2.18. The molecule has 5 nitrogen and oxygen atoms in total. The Morgan fingerprint density at radius 2 is 2.21 bits per heavy atom. The van der Waals surface area contributed by atoms with E-state index in [0.29, 0.717) is 11.7 Å². The molecule has 2 rings (SSSR count). The average molecular weight is 328 g/mol. The van der Waals surface area contributed by atoms with Crippen LogP contribution in [0.15, 0.2) is 16.7 Å². The van der Waals surface area contributed by atoms with Gasteiger partial charge in [0.1, 0.15) is 5.69 Å². The van der Waals surface area contributed by atoms with Crippen LogP contribution >= 0.6 is 15.9 Å². The second kappa shape index (κ2) is 6.23. The van der Waals surface area contributed by atoms with E-state index in [9.17, 15) is 9.59 Å². The molecule has 0 spiro atoms. The predicted molar refractivity (Wildman–Crippen MR) is 75.9 cm³/mol. The SMILES string of the molecule is CCCn1cc(Br)cc1C(=O)NCC(=O)NC1CC1. The first-order valence-corrected chi connectivity index (χ1v) is 7.32. The van der Waals surface area contributed by atoms with Gasteiger partial charge in [-0.1, -0.05) is 6.92 Å². The van der Waals surface area contributed by atoms with Gasteiger partial charge in [0.15, 0.2) is 0 Å². The molecule has 2 N–H and O–H groups in total. The predicted octanol–water partition coefficient (Wildman–Crippen LogP) is 1.67. The number of halogens is 1. The van der Waals surface area contributed by atoms with E-state index >= 15 is 0 Å². The minimum absolute atomic E-state index is 0.0320. The van der Waals surface area contributed by atoms with Crippen LogP contribution in [-0.4, -0.2) is 29.0 Å². The maximum absolute atomic E-state index is 12.0. The van der Waals surface area contributed by atoms with Crippen molar-refractivity contribution < 1.29 is 9.59 Å².